The molecule has 0 spiro atoms. The van der Waals surface area contributed by atoms with Crippen LogP contribution in [0.3, 0.4) is 0 Å². The predicted molar refractivity (Wildman–Crippen MR) is 90.7 cm³/mol. The molecule has 2 aromatic carbocycles. The third-order valence-corrected chi connectivity index (χ3v) is 4.56. The number of rotatable bonds is 4. The molecular weight excluding hydrogens is 326 g/mol. The summed E-state index contributed by atoms with van der Waals surface area (Å²) in [6.07, 6.45) is 2.95. The minimum atomic E-state index is -0.453. The molecule has 5 nitrogen and oxygen atoms in total. The molecule has 0 radical (unpaired) electrons. The van der Waals surface area contributed by atoms with E-state index in [1.54, 1.807) is 0 Å². The van der Waals surface area contributed by atoms with Crippen molar-refractivity contribution in [2.24, 2.45) is 0 Å². The summed E-state index contributed by atoms with van der Waals surface area (Å²) >= 11 is 5.94. The van der Waals surface area contributed by atoms with E-state index in [0.717, 1.165) is 24.0 Å². The van der Waals surface area contributed by atoms with Gasteiger partial charge in [-0.25, -0.2) is 0 Å². The van der Waals surface area contributed by atoms with E-state index in [9.17, 15) is 4.79 Å². The molecule has 1 aliphatic rings. The number of nitrogens with zero attached hydrogens (tertiary/aromatic N) is 2. The number of amides is 1. The lowest BCUT2D eigenvalue weighted by Gasteiger charge is -2.16. The second-order valence-corrected chi connectivity index (χ2v) is 6.30. The number of carbonyl (C=O) groups is 1. The second kappa shape index (κ2) is 5.76. The molecule has 6 heteroatoms. The zero-order valence-corrected chi connectivity index (χ0v) is 13.5. The summed E-state index contributed by atoms with van der Waals surface area (Å²) in [6, 6.07) is 14.8. The van der Waals surface area contributed by atoms with E-state index in [4.69, 9.17) is 16.0 Å². The first kappa shape index (κ1) is 14.9. The van der Waals surface area contributed by atoms with Crippen LogP contribution in [-0.2, 0) is 10.2 Å². The van der Waals surface area contributed by atoms with Crippen molar-refractivity contribution in [3.63, 3.8) is 0 Å². The third-order valence-electron chi connectivity index (χ3n) is 4.31. The van der Waals surface area contributed by atoms with Crippen LogP contribution in [0.1, 0.15) is 18.4 Å². The predicted octanol–water partition coefficient (Wildman–Crippen LogP) is 4.06. The molecule has 24 heavy (non-hydrogen) atoms. The fourth-order valence-corrected chi connectivity index (χ4v) is 2.95. The first-order valence-corrected chi connectivity index (χ1v) is 7.99. The maximum atomic E-state index is 12.8. The normalized spacial score (nSPS) is 15.0. The van der Waals surface area contributed by atoms with Crippen LogP contribution in [0.15, 0.2) is 59.3 Å². The Labute approximate surface area is 143 Å². The lowest BCUT2D eigenvalue weighted by atomic mass is 9.95. The Kier molecular flexibility index (Phi) is 3.58. The first-order chi connectivity index (χ1) is 11.7. The third kappa shape index (κ3) is 2.67. The van der Waals surface area contributed by atoms with Crippen LogP contribution >= 0.6 is 11.6 Å². The van der Waals surface area contributed by atoms with Gasteiger partial charge in [-0.1, -0.05) is 29.8 Å². The van der Waals surface area contributed by atoms with Crippen LogP contribution in [0.2, 0.25) is 5.02 Å². The maximum absolute atomic E-state index is 12.8. The fraction of sp³-hybridized carbons (Fsp3) is 0.167. The molecule has 0 aliphatic heterocycles. The number of hydrogen-bond acceptors (Lipinski definition) is 4. The average Bonchev–Trinajstić information content (AvgIpc) is 3.22. The molecule has 4 rings (SSSR count). The molecule has 1 saturated carbocycles. The SMILES string of the molecule is O=C(Nc1cccc(-c2nnco2)c1)C1(c2ccc(Cl)cc2)CC1. The van der Waals surface area contributed by atoms with Crippen molar-refractivity contribution < 1.29 is 9.21 Å². The summed E-state index contributed by atoms with van der Waals surface area (Å²) in [5, 5.41) is 11.2. The Bertz CT molecular complexity index is 872. The molecule has 3 aromatic rings. The van der Waals surface area contributed by atoms with Gasteiger partial charge in [0.2, 0.25) is 18.2 Å². The highest BCUT2D eigenvalue weighted by Gasteiger charge is 2.51. The van der Waals surface area contributed by atoms with E-state index in [1.807, 2.05) is 48.5 Å². The van der Waals surface area contributed by atoms with Gasteiger partial charge in [-0.15, -0.1) is 10.2 Å². The fourth-order valence-electron chi connectivity index (χ4n) is 2.82. The van der Waals surface area contributed by atoms with Crippen LogP contribution in [0.4, 0.5) is 5.69 Å². The summed E-state index contributed by atoms with van der Waals surface area (Å²) in [4.78, 5) is 12.8. The molecular formula is C18H14ClN3O2. The van der Waals surface area contributed by atoms with E-state index in [1.165, 1.54) is 6.39 Å². The molecule has 1 aromatic heterocycles. The number of benzene rings is 2. The molecule has 1 heterocycles. The van der Waals surface area contributed by atoms with Gasteiger partial charge in [-0.3, -0.25) is 4.79 Å². The Morgan fingerprint density at radius 1 is 1.17 bits per heavy atom. The number of hydrogen-bond donors (Lipinski definition) is 1. The zero-order valence-electron chi connectivity index (χ0n) is 12.7. The molecule has 0 unspecified atom stereocenters. The van der Waals surface area contributed by atoms with Gasteiger partial charge in [0.1, 0.15) is 0 Å². The Hall–Kier alpha value is -2.66. The standard InChI is InChI=1S/C18H14ClN3O2/c19-14-6-4-13(5-7-14)18(8-9-18)17(23)21-15-3-1-2-12(10-15)16-22-20-11-24-16/h1-7,10-11H,8-9H2,(H,21,23). The highest BCUT2D eigenvalue weighted by Crippen LogP contribution is 2.49. The van der Waals surface area contributed by atoms with Crippen LogP contribution < -0.4 is 5.32 Å². The lowest BCUT2D eigenvalue weighted by Crippen LogP contribution is -2.27. The highest BCUT2D eigenvalue weighted by molar-refractivity contribution is 6.30. The minimum absolute atomic E-state index is 0.00694. The summed E-state index contributed by atoms with van der Waals surface area (Å²) < 4.78 is 5.19. The molecule has 120 valence electrons. The number of halogens is 1. The second-order valence-electron chi connectivity index (χ2n) is 5.87. The molecule has 1 amide bonds. The summed E-state index contributed by atoms with van der Waals surface area (Å²) in [7, 11) is 0. The minimum Gasteiger partial charge on any atom is -0.423 e. The summed E-state index contributed by atoms with van der Waals surface area (Å²) in [6.45, 7) is 0. The average molecular weight is 340 g/mol. The summed E-state index contributed by atoms with van der Waals surface area (Å²) in [5.74, 6) is 0.414. The van der Waals surface area contributed by atoms with E-state index < -0.39 is 5.41 Å². The van der Waals surface area contributed by atoms with Gasteiger partial charge in [-0.05, 0) is 48.7 Å². The van der Waals surface area contributed by atoms with Crippen molar-refractivity contribution in [3.8, 4) is 11.5 Å². The van der Waals surface area contributed by atoms with Crippen molar-refractivity contribution in [3.05, 3.63) is 65.5 Å². The monoisotopic (exact) mass is 339 g/mol. The van der Waals surface area contributed by atoms with Crippen LogP contribution in [0.25, 0.3) is 11.5 Å². The van der Waals surface area contributed by atoms with Crippen LogP contribution in [0.5, 0.6) is 0 Å². The Morgan fingerprint density at radius 3 is 2.62 bits per heavy atom. The van der Waals surface area contributed by atoms with Gasteiger partial charge < -0.3 is 9.73 Å². The lowest BCUT2D eigenvalue weighted by molar-refractivity contribution is -0.118. The number of nitrogens with one attached hydrogen (secondary N) is 1. The molecule has 0 bridgehead atoms. The molecule has 1 aliphatic carbocycles. The van der Waals surface area contributed by atoms with Crippen molar-refractivity contribution in [2.45, 2.75) is 18.3 Å². The molecule has 0 saturated heterocycles. The quantitative estimate of drug-likeness (QED) is 0.778. The van der Waals surface area contributed by atoms with Gasteiger partial charge >= 0.3 is 0 Å². The number of carbonyl (C=O) groups excluding carboxylic acids is 1. The number of anilines is 1. The van der Waals surface area contributed by atoms with Gasteiger partial charge in [-0.2, -0.15) is 0 Å². The number of aromatic nitrogens is 2. The van der Waals surface area contributed by atoms with E-state index in [2.05, 4.69) is 15.5 Å². The Morgan fingerprint density at radius 2 is 1.96 bits per heavy atom. The van der Waals surface area contributed by atoms with Crippen molar-refractivity contribution >= 4 is 23.2 Å². The van der Waals surface area contributed by atoms with Gasteiger partial charge in [0.15, 0.2) is 0 Å². The van der Waals surface area contributed by atoms with Crippen molar-refractivity contribution in [1.29, 1.82) is 0 Å². The first-order valence-electron chi connectivity index (χ1n) is 7.61. The molecule has 1 fully saturated rings. The van der Waals surface area contributed by atoms with Gasteiger partial charge in [0.25, 0.3) is 0 Å². The highest BCUT2D eigenvalue weighted by atomic mass is 35.5. The van der Waals surface area contributed by atoms with Gasteiger partial charge in [0.05, 0.1) is 5.41 Å². The van der Waals surface area contributed by atoms with Crippen molar-refractivity contribution in [1.82, 2.24) is 10.2 Å². The van der Waals surface area contributed by atoms with Gasteiger partial charge in [0, 0.05) is 16.3 Å². The van der Waals surface area contributed by atoms with E-state index >= 15 is 0 Å². The largest absolute Gasteiger partial charge is 0.423 e. The smallest absolute Gasteiger partial charge is 0.247 e. The topological polar surface area (TPSA) is 68.0 Å². The van der Waals surface area contributed by atoms with Crippen LogP contribution in [0, 0.1) is 0 Å². The Balaban J connectivity index is 1.56. The van der Waals surface area contributed by atoms with E-state index in [-0.39, 0.29) is 5.91 Å². The van der Waals surface area contributed by atoms with E-state index in [0.29, 0.717) is 16.6 Å². The maximum Gasteiger partial charge on any atom is 0.247 e. The van der Waals surface area contributed by atoms with Crippen LogP contribution in [-0.4, -0.2) is 16.1 Å². The summed E-state index contributed by atoms with van der Waals surface area (Å²) in [5.41, 5.74) is 2.01. The van der Waals surface area contributed by atoms with Crippen molar-refractivity contribution in [2.75, 3.05) is 5.32 Å². The molecule has 0 atom stereocenters. The zero-order chi connectivity index (χ0) is 16.6. The molecule has 1 N–H and O–H groups in total.